The molecule has 1 fully saturated rings. The molecule has 28 heavy (non-hydrogen) atoms. The van der Waals surface area contributed by atoms with E-state index >= 15 is 0 Å². The number of carbonyl (C=O) groups is 3. The molecule has 2 aromatic rings. The number of carbonyl (C=O) groups excluding carboxylic acids is 3. The van der Waals surface area contributed by atoms with Crippen molar-refractivity contribution in [2.75, 3.05) is 26.7 Å². The molecule has 6 nitrogen and oxygen atoms in total. The molecular formula is C22H24N2O4. The molecular weight excluding hydrogens is 356 g/mol. The molecule has 1 aliphatic heterocycles. The van der Waals surface area contributed by atoms with E-state index in [1.165, 1.54) is 7.11 Å². The fourth-order valence-corrected chi connectivity index (χ4v) is 3.33. The maximum atomic E-state index is 12.3. The van der Waals surface area contributed by atoms with Gasteiger partial charge < -0.3 is 15.0 Å². The molecule has 2 aromatic carbocycles. The van der Waals surface area contributed by atoms with E-state index in [4.69, 9.17) is 4.74 Å². The van der Waals surface area contributed by atoms with Crippen molar-refractivity contribution in [1.82, 2.24) is 10.2 Å². The molecule has 0 saturated carbocycles. The topological polar surface area (TPSA) is 75.7 Å². The first kappa shape index (κ1) is 19.6. The first-order valence-corrected chi connectivity index (χ1v) is 9.44. The number of ether oxygens (including phenoxy) is 1. The minimum absolute atomic E-state index is 0.0903. The number of amides is 2. The van der Waals surface area contributed by atoms with E-state index in [-0.39, 0.29) is 11.8 Å². The van der Waals surface area contributed by atoms with Gasteiger partial charge in [0.1, 0.15) is 0 Å². The number of hydrogen-bond acceptors (Lipinski definition) is 4. The predicted octanol–water partition coefficient (Wildman–Crippen LogP) is 2.88. The number of rotatable bonds is 6. The molecule has 3 rings (SSSR count). The second kappa shape index (κ2) is 9.17. The molecule has 146 valence electrons. The number of likely N-dealkylation sites (tertiary alicyclic amines) is 1. The lowest BCUT2D eigenvalue weighted by atomic mass is 9.98. The number of methoxy groups -OCH3 is 1. The van der Waals surface area contributed by atoms with Gasteiger partial charge in [-0.25, -0.2) is 4.79 Å². The first-order chi connectivity index (χ1) is 13.6. The van der Waals surface area contributed by atoms with E-state index < -0.39 is 5.97 Å². The zero-order valence-electron chi connectivity index (χ0n) is 15.9. The van der Waals surface area contributed by atoms with E-state index in [2.05, 4.69) is 5.32 Å². The van der Waals surface area contributed by atoms with Gasteiger partial charge in [-0.05, 0) is 42.2 Å². The lowest BCUT2D eigenvalue weighted by Gasteiger charge is -2.15. The number of esters is 1. The molecule has 1 N–H and O–H groups in total. The molecule has 1 saturated heterocycles. The average Bonchev–Trinajstić information content (AvgIpc) is 3.28. The summed E-state index contributed by atoms with van der Waals surface area (Å²) in [6.45, 7) is 1.96. The highest BCUT2D eigenvalue weighted by Crippen LogP contribution is 2.24. The third-order valence-corrected chi connectivity index (χ3v) is 4.87. The summed E-state index contributed by atoms with van der Waals surface area (Å²) in [7, 11) is 1.35. The van der Waals surface area contributed by atoms with Crippen LogP contribution in [0.2, 0.25) is 0 Å². The van der Waals surface area contributed by atoms with Gasteiger partial charge in [0.15, 0.2) is 0 Å². The molecule has 0 aromatic heterocycles. The Labute approximate surface area is 164 Å². The quantitative estimate of drug-likeness (QED) is 0.782. The van der Waals surface area contributed by atoms with E-state index in [1.807, 2.05) is 17.0 Å². The van der Waals surface area contributed by atoms with Crippen molar-refractivity contribution >= 4 is 17.8 Å². The van der Waals surface area contributed by atoms with Crippen molar-refractivity contribution in [2.24, 2.45) is 0 Å². The summed E-state index contributed by atoms with van der Waals surface area (Å²) in [5.41, 5.74) is 2.55. The highest BCUT2D eigenvalue weighted by Gasteiger charge is 2.18. The lowest BCUT2D eigenvalue weighted by molar-refractivity contribution is -0.129. The van der Waals surface area contributed by atoms with Gasteiger partial charge in [0.05, 0.1) is 12.7 Å². The van der Waals surface area contributed by atoms with Crippen LogP contribution < -0.4 is 5.32 Å². The Bertz CT molecular complexity index is 855. The van der Waals surface area contributed by atoms with Crippen LogP contribution in [0.3, 0.4) is 0 Å². The minimum Gasteiger partial charge on any atom is -0.465 e. The van der Waals surface area contributed by atoms with Gasteiger partial charge in [-0.1, -0.05) is 30.3 Å². The highest BCUT2D eigenvalue weighted by molar-refractivity contribution is 5.98. The van der Waals surface area contributed by atoms with Crippen LogP contribution in [0.5, 0.6) is 0 Å². The van der Waals surface area contributed by atoms with E-state index in [1.54, 1.807) is 36.4 Å². The van der Waals surface area contributed by atoms with Crippen LogP contribution in [0.4, 0.5) is 0 Å². The van der Waals surface area contributed by atoms with Crippen LogP contribution >= 0.6 is 0 Å². The molecule has 0 atom stereocenters. The Kier molecular flexibility index (Phi) is 6.42. The van der Waals surface area contributed by atoms with E-state index in [0.717, 1.165) is 37.1 Å². The summed E-state index contributed by atoms with van der Waals surface area (Å²) in [4.78, 5) is 38.1. The van der Waals surface area contributed by atoms with Gasteiger partial charge >= 0.3 is 5.97 Å². The maximum Gasteiger partial charge on any atom is 0.338 e. The van der Waals surface area contributed by atoms with Gasteiger partial charge in [0, 0.05) is 31.6 Å². The van der Waals surface area contributed by atoms with Crippen molar-refractivity contribution in [3.05, 3.63) is 59.7 Å². The Hall–Kier alpha value is -3.15. The molecule has 0 unspecified atom stereocenters. The van der Waals surface area contributed by atoms with Gasteiger partial charge in [-0.3, -0.25) is 9.59 Å². The largest absolute Gasteiger partial charge is 0.465 e. The van der Waals surface area contributed by atoms with Crippen LogP contribution in [0.25, 0.3) is 11.1 Å². The lowest BCUT2D eigenvalue weighted by Crippen LogP contribution is -2.32. The maximum absolute atomic E-state index is 12.3. The van der Waals surface area contributed by atoms with E-state index in [9.17, 15) is 14.4 Å². The van der Waals surface area contributed by atoms with Crippen molar-refractivity contribution < 1.29 is 19.1 Å². The van der Waals surface area contributed by atoms with Crippen LogP contribution in [0.1, 0.15) is 40.0 Å². The summed E-state index contributed by atoms with van der Waals surface area (Å²) in [6, 6.07) is 14.2. The molecule has 1 heterocycles. The zero-order chi connectivity index (χ0) is 19.9. The molecule has 1 aliphatic rings. The first-order valence-electron chi connectivity index (χ1n) is 9.44. The highest BCUT2D eigenvalue weighted by atomic mass is 16.5. The van der Waals surface area contributed by atoms with Gasteiger partial charge in [-0.2, -0.15) is 0 Å². The normalized spacial score (nSPS) is 13.2. The molecule has 0 radical (unpaired) electrons. The number of nitrogens with zero attached hydrogens (tertiary/aromatic N) is 1. The van der Waals surface area contributed by atoms with Gasteiger partial charge in [0.25, 0.3) is 5.91 Å². The standard InChI is InChI=1S/C22H24N2O4/c1-28-22(27)19-7-3-2-6-18(19)16-8-10-17(11-9-16)21(26)23-13-12-20(25)24-14-4-5-15-24/h2-3,6-11H,4-5,12-15H2,1H3,(H,23,26). The minimum atomic E-state index is -0.403. The van der Waals surface area contributed by atoms with Crippen LogP contribution in [0, 0.1) is 0 Å². The molecule has 6 heteroatoms. The second-order valence-corrected chi connectivity index (χ2v) is 6.71. The molecule has 2 amide bonds. The summed E-state index contributed by atoms with van der Waals surface area (Å²) < 4.78 is 4.83. The summed E-state index contributed by atoms with van der Waals surface area (Å²) >= 11 is 0. The van der Waals surface area contributed by atoms with Crippen molar-refractivity contribution in [2.45, 2.75) is 19.3 Å². The fraction of sp³-hybridized carbons (Fsp3) is 0.318. The summed E-state index contributed by atoms with van der Waals surface area (Å²) in [5.74, 6) is -0.533. The predicted molar refractivity (Wildman–Crippen MR) is 106 cm³/mol. The average molecular weight is 380 g/mol. The zero-order valence-corrected chi connectivity index (χ0v) is 15.9. The van der Waals surface area contributed by atoms with Crippen molar-refractivity contribution in [3.8, 4) is 11.1 Å². The molecule has 0 aliphatic carbocycles. The number of benzene rings is 2. The Morgan fingerprint density at radius 2 is 1.68 bits per heavy atom. The Morgan fingerprint density at radius 3 is 2.36 bits per heavy atom. The van der Waals surface area contributed by atoms with Crippen molar-refractivity contribution in [1.29, 1.82) is 0 Å². The van der Waals surface area contributed by atoms with Crippen LogP contribution in [-0.4, -0.2) is 49.4 Å². The summed E-state index contributed by atoms with van der Waals surface area (Å²) in [5, 5.41) is 2.79. The summed E-state index contributed by atoms with van der Waals surface area (Å²) in [6.07, 6.45) is 2.43. The van der Waals surface area contributed by atoms with Crippen molar-refractivity contribution in [3.63, 3.8) is 0 Å². The van der Waals surface area contributed by atoms with Gasteiger partial charge in [0.2, 0.25) is 5.91 Å². The third-order valence-electron chi connectivity index (χ3n) is 4.87. The number of nitrogens with one attached hydrogen (secondary N) is 1. The number of hydrogen-bond donors (Lipinski definition) is 1. The second-order valence-electron chi connectivity index (χ2n) is 6.71. The Morgan fingerprint density at radius 1 is 1.00 bits per heavy atom. The van der Waals surface area contributed by atoms with Crippen LogP contribution in [-0.2, 0) is 9.53 Å². The molecule has 0 spiro atoms. The van der Waals surface area contributed by atoms with E-state index in [0.29, 0.717) is 24.1 Å². The Balaban J connectivity index is 1.60. The monoisotopic (exact) mass is 380 g/mol. The third kappa shape index (κ3) is 4.57. The van der Waals surface area contributed by atoms with Gasteiger partial charge in [-0.15, -0.1) is 0 Å². The smallest absolute Gasteiger partial charge is 0.338 e. The molecule has 0 bridgehead atoms. The van der Waals surface area contributed by atoms with Crippen LogP contribution in [0.15, 0.2) is 48.5 Å². The SMILES string of the molecule is COC(=O)c1ccccc1-c1ccc(C(=O)NCCC(=O)N2CCCC2)cc1. The fourth-order valence-electron chi connectivity index (χ4n) is 3.33.